The van der Waals surface area contributed by atoms with Crippen molar-refractivity contribution in [2.24, 2.45) is 0 Å². The Bertz CT molecular complexity index is 459. The Morgan fingerprint density at radius 1 is 1.56 bits per heavy atom. The molecule has 1 N–H and O–H groups in total. The van der Waals surface area contributed by atoms with Crippen LogP contribution < -0.4 is 10.1 Å². The van der Waals surface area contributed by atoms with Crippen molar-refractivity contribution in [1.82, 2.24) is 5.32 Å². The molecule has 4 nitrogen and oxygen atoms in total. The summed E-state index contributed by atoms with van der Waals surface area (Å²) in [5.41, 5.74) is 0.983. The second-order valence-corrected chi connectivity index (χ2v) is 3.72. The highest BCUT2D eigenvalue weighted by Crippen LogP contribution is 2.29. The first-order chi connectivity index (χ1) is 7.74. The van der Waals surface area contributed by atoms with Gasteiger partial charge in [0.15, 0.2) is 0 Å². The molecule has 1 aromatic carbocycles. The summed E-state index contributed by atoms with van der Waals surface area (Å²) in [6.45, 7) is 0. The van der Waals surface area contributed by atoms with Gasteiger partial charge in [0.05, 0.1) is 23.3 Å². The zero-order valence-electron chi connectivity index (χ0n) is 8.99. The summed E-state index contributed by atoms with van der Waals surface area (Å²) in [6, 6.07) is 6.88. The van der Waals surface area contributed by atoms with Crippen molar-refractivity contribution in [1.29, 1.82) is 5.26 Å². The maximum Gasteiger partial charge on any atom is 0.254 e. The van der Waals surface area contributed by atoms with E-state index in [2.05, 4.69) is 5.32 Å². The molecule has 16 heavy (non-hydrogen) atoms. The van der Waals surface area contributed by atoms with Crippen molar-refractivity contribution in [3.05, 3.63) is 29.3 Å². The van der Waals surface area contributed by atoms with Gasteiger partial charge in [-0.05, 0) is 31.0 Å². The molecule has 0 heterocycles. The van der Waals surface area contributed by atoms with Gasteiger partial charge in [0.2, 0.25) is 0 Å². The van der Waals surface area contributed by atoms with Crippen molar-refractivity contribution in [3.8, 4) is 11.8 Å². The molecule has 0 radical (unpaired) electrons. The molecule has 1 aromatic rings. The number of amides is 1. The highest BCUT2D eigenvalue weighted by molar-refractivity contribution is 5.96. The number of carbonyl (C=O) groups excluding carboxylic acids is 1. The molecule has 1 saturated carbocycles. The van der Waals surface area contributed by atoms with E-state index in [4.69, 9.17) is 10.00 Å². The Morgan fingerprint density at radius 2 is 2.31 bits per heavy atom. The van der Waals surface area contributed by atoms with E-state index in [9.17, 15) is 4.79 Å². The van der Waals surface area contributed by atoms with Crippen LogP contribution in [0.3, 0.4) is 0 Å². The van der Waals surface area contributed by atoms with Crippen LogP contribution in [0.5, 0.6) is 5.75 Å². The second-order valence-electron chi connectivity index (χ2n) is 3.72. The van der Waals surface area contributed by atoms with Crippen molar-refractivity contribution < 1.29 is 9.53 Å². The number of nitrogens with zero attached hydrogens (tertiary/aromatic N) is 1. The smallest absolute Gasteiger partial charge is 0.254 e. The summed E-state index contributed by atoms with van der Waals surface area (Å²) < 4.78 is 5.61. The Labute approximate surface area is 93.8 Å². The Balaban J connectivity index is 2.34. The van der Waals surface area contributed by atoms with Crippen molar-refractivity contribution in [3.63, 3.8) is 0 Å². The highest BCUT2D eigenvalue weighted by Gasteiger charge is 2.25. The lowest BCUT2D eigenvalue weighted by Gasteiger charge is -2.09. The predicted octanol–water partition coefficient (Wildman–Crippen LogP) is 1.46. The summed E-state index contributed by atoms with van der Waals surface area (Å²) in [6.07, 6.45) is 2.24. The van der Waals surface area contributed by atoms with Gasteiger partial charge in [0.1, 0.15) is 5.75 Å². The number of rotatable bonds is 3. The van der Waals surface area contributed by atoms with E-state index in [1.807, 2.05) is 6.07 Å². The predicted molar refractivity (Wildman–Crippen MR) is 58.2 cm³/mol. The fraction of sp³-hybridized carbons (Fsp3) is 0.333. The number of ether oxygens (including phenoxy) is 1. The van der Waals surface area contributed by atoms with Crippen LogP contribution >= 0.6 is 0 Å². The molecular weight excluding hydrogens is 204 g/mol. The molecule has 0 spiro atoms. The number of carbonyl (C=O) groups is 1. The molecule has 0 atom stereocenters. The van der Waals surface area contributed by atoms with Crippen LogP contribution in [-0.2, 0) is 0 Å². The number of nitriles is 1. The lowest BCUT2D eigenvalue weighted by Crippen LogP contribution is -2.19. The van der Waals surface area contributed by atoms with Gasteiger partial charge < -0.3 is 10.1 Å². The van der Waals surface area contributed by atoms with Crippen LogP contribution in [0.4, 0.5) is 0 Å². The average Bonchev–Trinajstić information content (AvgIpc) is 3.12. The topological polar surface area (TPSA) is 62.1 Å². The summed E-state index contributed by atoms with van der Waals surface area (Å²) in [7, 11) is 1.57. The quantitative estimate of drug-likeness (QED) is 0.832. The van der Waals surface area contributed by atoms with Crippen molar-refractivity contribution in [2.75, 3.05) is 7.05 Å². The van der Waals surface area contributed by atoms with E-state index in [1.54, 1.807) is 25.2 Å². The normalized spacial score (nSPS) is 14.0. The summed E-state index contributed by atoms with van der Waals surface area (Å²) in [4.78, 5) is 11.6. The third kappa shape index (κ3) is 2.14. The lowest BCUT2D eigenvalue weighted by molar-refractivity contribution is 0.0958. The summed E-state index contributed by atoms with van der Waals surface area (Å²) in [5, 5.41) is 11.3. The van der Waals surface area contributed by atoms with Crippen molar-refractivity contribution >= 4 is 5.91 Å². The molecule has 1 aliphatic carbocycles. The molecule has 2 rings (SSSR count). The molecule has 0 saturated heterocycles. The Morgan fingerprint density at radius 3 is 2.88 bits per heavy atom. The van der Waals surface area contributed by atoms with Crippen LogP contribution in [0.15, 0.2) is 18.2 Å². The second kappa shape index (κ2) is 4.23. The minimum atomic E-state index is -0.194. The number of nitrogens with one attached hydrogen (secondary N) is 1. The average molecular weight is 216 g/mol. The molecule has 1 aliphatic rings. The van der Waals surface area contributed by atoms with Crippen LogP contribution in [0.1, 0.15) is 28.8 Å². The monoisotopic (exact) mass is 216 g/mol. The van der Waals surface area contributed by atoms with E-state index in [0.29, 0.717) is 16.9 Å². The summed E-state index contributed by atoms with van der Waals surface area (Å²) >= 11 is 0. The van der Waals surface area contributed by atoms with Gasteiger partial charge >= 0.3 is 0 Å². The number of benzene rings is 1. The third-order valence-electron chi connectivity index (χ3n) is 2.40. The molecule has 0 aliphatic heterocycles. The first-order valence-corrected chi connectivity index (χ1v) is 5.17. The molecule has 4 heteroatoms. The molecule has 1 amide bonds. The molecule has 0 bridgehead atoms. The van der Waals surface area contributed by atoms with Gasteiger partial charge in [-0.3, -0.25) is 4.79 Å². The van der Waals surface area contributed by atoms with Crippen LogP contribution in [-0.4, -0.2) is 19.1 Å². The fourth-order valence-electron chi connectivity index (χ4n) is 1.38. The van der Waals surface area contributed by atoms with E-state index in [1.165, 1.54) is 0 Å². The van der Waals surface area contributed by atoms with Gasteiger partial charge in [-0.15, -0.1) is 0 Å². The molecule has 1 fully saturated rings. The van der Waals surface area contributed by atoms with Gasteiger partial charge in [0, 0.05) is 7.05 Å². The molecule has 82 valence electrons. The maximum atomic E-state index is 11.6. The van der Waals surface area contributed by atoms with E-state index < -0.39 is 0 Å². The Hall–Kier alpha value is -2.02. The van der Waals surface area contributed by atoms with Gasteiger partial charge in [-0.1, -0.05) is 0 Å². The minimum Gasteiger partial charge on any atom is -0.490 e. The van der Waals surface area contributed by atoms with Crippen LogP contribution in [0, 0.1) is 11.3 Å². The van der Waals surface area contributed by atoms with Gasteiger partial charge in [-0.25, -0.2) is 0 Å². The fourth-order valence-corrected chi connectivity index (χ4v) is 1.38. The van der Waals surface area contributed by atoms with Gasteiger partial charge in [-0.2, -0.15) is 5.26 Å². The van der Waals surface area contributed by atoms with Crippen LogP contribution in [0.2, 0.25) is 0 Å². The highest BCUT2D eigenvalue weighted by atomic mass is 16.5. The van der Waals surface area contributed by atoms with E-state index >= 15 is 0 Å². The first kappa shape index (κ1) is 10.5. The standard InChI is InChI=1S/C12H12N2O2/c1-14-12(15)10-5-2-8(7-13)6-11(10)16-9-3-4-9/h2,5-6,9H,3-4H2,1H3,(H,14,15). The molecular formula is C12H12N2O2. The summed E-state index contributed by atoms with van der Waals surface area (Å²) in [5.74, 6) is 0.307. The van der Waals surface area contributed by atoms with Crippen molar-refractivity contribution in [2.45, 2.75) is 18.9 Å². The lowest BCUT2D eigenvalue weighted by atomic mass is 10.1. The molecule has 0 aromatic heterocycles. The van der Waals surface area contributed by atoms with E-state index in [0.717, 1.165) is 12.8 Å². The molecule has 0 unspecified atom stereocenters. The van der Waals surface area contributed by atoms with Crippen LogP contribution in [0.25, 0.3) is 0 Å². The Kier molecular flexibility index (Phi) is 2.78. The maximum absolute atomic E-state index is 11.6. The number of hydrogen-bond donors (Lipinski definition) is 1. The SMILES string of the molecule is CNC(=O)c1ccc(C#N)cc1OC1CC1. The zero-order valence-corrected chi connectivity index (χ0v) is 8.99. The third-order valence-corrected chi connectivity index (χ3v) is 2.40. The first-order valence-electron chi connectivity index (χ1n) is 5.17. The van der Waals surface area contributed by atoms with E-state index in [-0.39, 0.29) is 12.0 Å². The largest absolute Gasteiger partial charge is 0.490 e. The number of hydrogen-bond acceptors (Lipinski definition) is 3. The van der Waals surface area contributed by atoms with Gasteiger partial charge in [0.25, 0.3) is 5.91 Å². The minimum absolute atomic E-state index is 0.194. The zero-order chi connectivity index (χ0) is 11.5.